The fourth-order valence-corrected chi connectivity index (χ4v) is 7.17. The number of allylic oxidation sites excluding steroid dienone is 4. The molecule has 0 heterocycles. The molecule has 4 rings (SSSR count). The first kappa shape index (κ1) is 19.9. The number of aliphatic hydroxyl groups is 2. The van der Waals surface area contributed by atoms with Crippen LogP contribution in [0, 0.1) is 28.6 Å². The molecule has 0 spiro atoms. The van der Waals surface area contributed by atoms with Gasteiger partial charge in [0.05, 0.1) is 6.10 Å². The average Bonchev–Trinajstić information content (AvgIpc) is 2.91. The third-order valence-electron chi connectivity index (χ3n) is 8.70. The van der Waals surface area contributed by atoms with Crippen molar-refractivity contribution in [3.8, 4) is 0 Å². The molecular formula is C22H28F2O4. The maximum Gasteiger partial charge on any atom is 0.195 e. The van der Waals surface area contributed by atoms with Gasteiger partial charge in [-0.3, -0.25) is 9.59 Å². The van der Waals surface area contributed by atoms with Gasteiger partial charge in [0.15, 0.2) is 23.9 Å². The van der Waals surface area contributed by atoms with Crippen LogP contribution in [0.1, 0.15) is 46.5 Å². The second-order valence-electron chi connectivity index (χ2n) is 9.75. The summed E-state index contributed by atoms with van der Waals surface area (Å²) in [7, 11) is 0. The van der Waals surface area contributed by atoms with Gasteiger partial charge in [-0.15, -0.1) is 0 Å². The number of halogens is 2. The minimum Gasteiger partial charge on any atom is -0.390 e. The van der Waals surface area contributed by atoms with Crippen LogP contribution in [0.25, 0.3) is 0 Å². The quantitative estimate of drug-likeness (QED) is 0.755. The normalized spacial score (nSPS) is 52.5. The highest BCUT2D eigenvalue weighted by Gasteiger charge is 2.74. The summed E-state index contributed by atoms with van der Waals surface area (Å²) < 4.78 is 30.1. The van der Waals surface area contributed by atoms with Crippen LogP contribution < -0.4 is 0 Å². The number of Topliss-reactive ketones (excluding diaryl/α,β-unsaturated/α-hetero) is 1. The van der Waals surface area contributed by atoms with Crippen molar-refractivity contribution in [1.29, 1.82) is 0 Å². The summed E-state index contributed by atoms with van der Waals surface area (Å²) >= 11 is 0. The molecule has 4 aliphatic carbocycles. The molecule has 3 saturated carbocycles. The lowest BCUT2D eigenvalue weighted by molar-refractivity contribution is -0.220. The van der Waals surface area contributed by atoms with Crippen molar-refractivity contribution in [3.05, 3.63) is 23.8 Å². The summed E-state index contributed by atoms with van der Waals surface area (Å²) in [5, 5.41) is 22.2. The Morgan fingerprint density at radius 1 is 1.32 bits per heavy atom. The van der Waals surface area contributed by atoms with Gasteiger partial charge in [0.25, 0.3) is 0 Å². The van der Waals surface area contributed by atoms with E-state index in [9.17, 15) is 24.2 Å². The standard InChI is InChI=1S/C22H28F2O4/c1-12-8-16-14-5-7-21(28,18(27)11-23)20(14,3)10-17(26)22(16,24)19(2)6-4-13(25)9-15(12)19/h4,6,9,12,14,16-17,26,28H,5,7-8,10-11H2,1-3H3. The molecular weight excluding hydrogens is 366 g/mol. The van der Waals surface area contributed by atoms with E-state index >= 15 is 4.39 Å². The van der Waals surface area contributed by atoms with Crippen LogP contribution in [-0.2, 0) is 9.59 Å². The van der Waals surface area contributed by atoms with E-state index in [0.29, 0.717) is 18.4 Å². The molecule has 2 N–H and O–H groups in total. The Morgan fingerprint density at radius 2 is 2.00 bits per heavy atom. The molecule has 3 fully saturated rings. The van der Waals surface area contributed by atoms with Crippen LogP contribution >= 0.6 is 0 Å². The molecule has 0 bridgehead atoms. The first-order valence-electron chi connectivity index (χ1n) is 10.1. The monoisotopic (exact) mass is 394 g/mol. The van der Waals surface area contributed by atoms with E-state index in [4.69, 9.17) is 0 Å². The van der Waals surface area contributed by atoms with Gasteiger partial charge in [0, 0.05) is 16.7 Å². The Labute approximate surface area is 163 Å². The Balaban J connectivity index is 1.84. The van der Waals surface area contributed by atoms with Gasteiger partial charge in [-0.2, -0.15) is 0 Å². The van der Waals surface area contributed by atoms with Crippen LogP contribution in [0.5, 0.6) is 0 Å². The zero-order valence-electron chi connectivity index (χ0n) is 16.5. The molecule has 6 heteroatoms. The van der Waals surface area contributed by atoms with Gasteiger partial charge in [-0.25, -0.2) is 8.78 Å². The van der Waals surface area contributed by atoms with Crippen molar-refractivity contribution >= 4 is 11.6 Å². The smallest absolute Gasteiger partial charge is 0.195 e. The minimum atomic E-state index is -2.02. The van der Waals surface area contributed by atoms with Crippen molar-refractivity contribution in [2.75, 3.05) is 6.67 Å². The summed E-state index contributed by atoms with van der Waals surface area (Å²) in [6.45, 7) is 4.10. The van der Waals surface area contributed by atoms with E-state index in [2.05, 4.69) is 0 Å². The molecule has 0 aromatic heterocycles. The number of ketones is 2. The SMILES string of the molecule is CC1CC2C3CCC(O)(C(=O)CF)C3(C)CC(O)C2(F)C2(C)C=CC(=O)C=C12. The average molecular weight is 394 g/mol. The van der Waals surface area contributed by atoms with Gasteiger partial charge in [-0.05, 0) is 56.6 Å². The molecule has 8 atom stereocenters. The summed E-state index contributed by atoms with van der Waals surface area (Å²) in [4.78, 5) is 24.2. The first-order valence-corrected chi connectivity index (χ1v) is 10.1. The summed E-state index contributed by atoms with van der Waals surface area (Å²) in [5.41, 5.74) is -5.42. The Kier molecular flexibility index (Phi) is 4.13. The molecule has 4 nitrogen and oxygen atoms in total. The molecule has 4 aliphatic rings. The third-order valence-corrected chi connectivity index (χ3v) is 8.70. The highest BCUT2D eigenvalue weighted by Crippen LogP contribution is 2.70. The minimum absolute atomic E-state index is 0.0760. The van der Waals surface area contributed by atoms with Crippen molar-refractivity contribution in [2.24, 2.45) is 28.6 Å². The fraction of sp³-hybridized carbons (Fsp3) is 0.727. The van der Waals surface area contributed by atoms with E-state index in [1.54, 1.807) is 19.9 Å². The van der Waals surface area contributed by atoms with E-state index in [-0.39, 0.29) is 30.5 Å². The van der Waals surface area contributed by atoms with E-state index < -0.39 is 46.6 Å². The third kappa shape index (κ3) is 2.06. The van der Waals surface area contributed by atoms with Gasteiger partial charge in [0.2, 0.25) is 0 Å². The number of fused-ring (bicyclic) bond motifs is 5. The number of hydrogen-bond donors (Lipinski definition) is 2. The van der Waals surface area contributed by atoms with Crippen LogP contribution in [0.15, 0.2) is 23.8 Å². The van der Waals surface area contributed by atoms with Gasteiger partial charge in [0.1, 0.15) is 5.60 Å². The van der Waals surface area contributed by atoms with E-state index in [1.807, 2.05) is 6.92 Å². The predicted molar refractivity (Wildman–Crippen MR) is 98.8 cm³/mol. The van der Waals surface area contributed by atoms with Crippen molar-refractivity contribution in [3.63, 3.8) is 0 Å². The van der Waals surface area contributed by atoms with Gasteiger partial charge >= 0.3 is 0 Å². The van der Waals surface area contributed by atoms with Crippen molar-refractivity contribution in [1.82, 2.24) is 0 Å². The van der Waals surface area contributed by atoms with Crippen LogP contribution in [0.4, 0.5) is 8.78 Å². The summed E-state index contributed by atoms with van der Waals surface area (Å²) in [6, 6.07) is 0. The molecule has 0 aromatic rings. The molecule has 0 radical (unpaired) electrons. The number of carbonyl (C=O) groups excluding carboxylic acids is 2. The van der Waals surface area contributed by atoms with Crippen LogP contribution in [-0.4, -0.2) is 45.8 Å². The number of rotatable bonds is 2. The lowest BCUT2D eigenvalue weighted by atomic mass is 9.43. The van der Waals surface area contributed by atoms with Gasteiger partial charge in [-0.1, -0.05) is 25.5 Å². The topological polar surface area (TPSA) is 74.6 Å². The molecule has 154 valence electrons. The molecule has 28 heavy (non-hydrogen) atoms. The Morgan fingerprint density at radius 3 is 2.64 bits per heavy atom. The molecule has 8 unspecified atom stereocenters. The maximum absolute atomic E-state index is 16.9. The van der Waals surface area contributed by atoms with Crippen LogP contribution in [0.3, 0.4) is 0 Å². The van der Waals surface area contributed by atoms with Gasteiger partial charge < -0.3 is 10.2 Å². The van der Waals surface area contributed by atoms with E-state index in [1.165, 1.54) is 12.2 Å². The number of aliphatic hydroxyl groups excluding tert-OH is 1. The number of carbonyl (C=O) groups is 2. The summed E-state index contributed by atoms with van der Waals surface area (Å²) in [5.74, 6) is -2.09. The molecule has 0 amide bonds. The predicted octanol–water partition coefficient (Wildman–Crippen LogP) is 2.87. The largest absolute Gasteiger partial charge is 0.390 e. The summed E-state index contributed by atoms with van der Waals surface area (Å²) in [6.07, 6.45) is 3.77. The zero-order chi connectivity index (χ0) is 20.7. The maximum atomic E-state index is 16.9. The first-order chi connectivity index (χ1) is 13.0. The Bertz CT molecular complexity index is 806. The zero-order valence-corrected chi connectivity index (χ0v) is 16.5. The molecule has 0 saturated heterocycles. The van der Waals surface area contributed by atoms with E-state index in [0.717, 1.165) is 0 Å². The highest BCUT2D eigenvalue weighted by atomic mass is 19.1. The molecule has 0 aromatic carbocycles. The lowest BCUT2D eigenvalue weighted by Gasteiger charge is -2.63. The van der Waals surface area contributed by atoms with Crippen molar-refractivity contribution in [2.45, 2.75) is 63.8 Å². The fourth-order valence-electron chi connectivity index (χ4n) is 7.17. The number of alkyl halides is 2. The second kappa shape index (κ2) is 5.82. The number of hydrogen-bond acceptors (Lipinski definition) is 4. The van der Waals surface area contributed by atoms with Crippen LogP contribution in [0.2, 0.25) is 0 Å². The highest BCUT2D eigenvalue weighted by molar-refractivity contribution is 6.01. The lowest BCUT2D eigenvalue weighted by Crippen LogP contribution is -2.69. The molecule has 0 aliphatic heterocycles. The Hall–Kier alpha value is -1.40. The second-order valence-corrected chi connectivity index (χ2v) is 9.75. The van der Waals surface area contributed by atoms with Crippen molar-refractivity contribution < 1.29 is 28.6 Å².